The van der Waals surface area contributed by atoms with Crippen molar-refractivity contribution in [2.75, 3.05) is 29.9 Å². The van der Waals surface area contributed by atoms with Crippen molar-refractivity contribution in [3.05, 3.63) is 142 Å². The number of carbonyl (C=O) groups excluding carboxylic acids is 1. The highest BCUT2D eigenvalue weighted by molar-refractivity contribution is 8.45. The molecule has 0 bridgehead atoms. The van der Waals surface area contributed by atoms with Crippen LogP contribution in [0.25, 0.3) is 15.9 Å². The largest absolute Gasteiger partial charge is 0.573 e. The number of imidazole rings is 1. The number of pyridine rings is 1. The van der Waals surface area contributed by atoms with Crippen LogP contribution < -0.4 is 20.3 Å². The molecule has 20 heteroatoms. The fourth-order valence-electron chi connectivity index (χ4n) is 7.21. The molecule has 3 aromatic carbocycles. The number of nitrogens with one attached hydrogen (secondary N) is 2. The summed E-state index contributed by atoms with van der Waals surface area (Å²) in [6.07, 6.45) is 1.24. The van der Waals surface area contributed by atoms with Crippen LogP contribution in [0.1, 0.15) is 58.6 Å². The smallest absolute Gasteiger partial charge is 0.406 e. The molecule has 1 aliphatic heterocycles. The van der Waals surface area contributed by atoms with Gasteiger partial charge in [-0.25, -0.2) is 15.0 Å². The Hall–Kier alpha value is -5.66. The number of rotatable bonds is 12. The van der Waals surface area contributed by atoms with Gasteiger partial charge in [0.25, 0.3) is 5.91 Å². The molecule has 9 nitrogen and oxygen atoms in total. The van der Waals surface area contributed by atoms with Crippen molar-refractivity contribution in [3.63, 3.8) is 0 Å². The lowest BCUT2D eigenvalue weighted by Gasteiger charge is -2.40. The van der Waals surface area contributed by atoms with Crippen molar-refractivity contribution < 1.29 is 42.1 Å². The average molecular weight is 938 g/mol. The van der Waals surface area contributed by atoms with Gasteiger partial charge in [0.05, 0.1) is 20.9 Å². The fourth-order valence-corrected chi connectivity index (χ4v) is 8.83. The van der Waals surface area contributed by atoms with Crippen molar-refractivity contribution in [2.24, 2.45) is 0 Å². The third kappa shape index (κ3) is 11.7. The third-order valence-electron chi connectivity index (χ3n) is 10.4. The van der Waals surface area contributed by atoms with Crippen molar-refractivity contribution in [2.45, 2.75) is 56.3 Å². The monoisotopic (exact) mass is 937 g/mol. The molecule has 8 rings (SSSR count). The van der Waals surface area contributed by atoms with Gasteiger partial charge >= 0.3 is 16.6 Å². The van der Waals surface area contributed by atoms with Crippen LogP contribution in [0.3, 0.4) is 0 Å². The number of thiophene rings is 1. The molecule has 0 atom stereocenters. The van der Waals surface area contributed by atoms with Crippen molar-refractivity contribution >= 4 is 66.4 Å². The fraction of sp³-hybridized carbons (Fsp3) is 0.256. The number of carbonyl (C=O) groups is 1. The summed E-state index contributed by atoms with van der Waals surface area (Å²) in [5.41, 5.74) is 6.32. The standard InChI is InChI=1S/C29H28ClF3N4O2.C14H12F5N3S2/c1-2-25-27(37-18-22(30)7-12-26(37)35-25)28(38)34-17-19-3-8-23(9-4-19)36-15-13-21(14-16-36)20-5-10-24(11-6-20)39-29(31,32)33;15-24(16,17,18,19)11-3-1-10(2-4-11)5-7-20-14-13-12(6-8-23-13)21-9-22-14/h3-12,18,21H,2,13-17H2,1H3,(H,34,38);1-4,6,8-9H,5,7H2,(H,20,21,22). The zero-order valence-corrected chi connectivity index (χ0v) is 35.8. The lowest BCUT2D eigenvalue weighted by atomic mass is 9.89. The summed E-state index contributed by atoms with van der Waals surface area (Å²) in [5, 5.41) is 8.49. The number of aromatic nitrogens is 4. The van der Waals surface area contributed by atoms with Crippen molar-refractivity contribution in [1.82, 2.24) is 24.7 Å². The molecule has 0 radical (unpaired) electrons. The molecular formula is C43H40ClF8N7O2S2. The number of nitrogens with zero attached hydrogens (tertiary/aromatic N) is 5. The zero-order valence-electron chi connectivity index (χ0n) is 33.4. The molecule has 1 amide bonds. The first kappa shape index (κ1) is 45.4. The number of alkyl halides is 3. The van der Waals surface area contributed by atoms with Crippen molar-refractivity contribution in [1.29, 1.82) is 0 Å². The molecule has 1 saturated heterocycles. The highest BCUT2D eigenvalue weighted by Gasteiger charge is 2.65. The number of piperidine rings is 1. The van der Waals surface area contributed by atoms with E-state index in [4.69, 9.17) is 11.6 Å². The molecule has 5 heterocycles. The molecule has 1 fully saturated rings. The number of anilines is 2. The lowest BCUT2D eigenvalue weighted by molar-refractivity contribution is -0.274. The predicted molar refractivity (Wildman–Crippen MR) is 232 cm³/mol. The topological polar surface area (TPSA) is 96.7 Å². The highest BCUT2D eigenvalue weighted by atomic mass is 35.5. The number of halogens is 9. The van der Waals surface area contributed by atoms with Gasteiger partial charge in [-0.1, -0.05) is 74.4 Å². The van der Waals surface area contributed by atoms with E-state index in [1.54, 1.807) is 34.9 Å². The summed E-state index contributed by atoms with van der Waals surface area (Å²) in [5.74, 6) is 0.524. The number of aryl methyl sites for hydroxylation is 1. The maximum atomic E-state index is 13.0. The Labute approximate surface area is 365 Å². The van der Waals surface area contributed by atoms with E-state index in [1.165, 1.54) is 29.8 Å². The van der Waals surface area contributed by atoms with E-state index in [0.29, 0.717) is 65.8 Å². The normalized spacial score (nSPS) is 14.7. The first-order chi connectivity index (χ1) is 29.7. The number of hydrogen-bond donors (Lipinski definition) is 2. The van der Waals surface area contributed by atoms with Crippen LogP contribution in [0.4, 0.5) is 44.1 Å². The van der Waals surface area contributed by atoms with Gasteiger partial charge in [0.15, 0.2) is 0 Å². The van der Waals surface area contributed by atoms with Crippen LogP contribution in [0, 0.1) is 0 Å². The summed E-state index contributed by atoms with van der Waals surface area (Å²) in [4.78, 5) is 26.2. The Morgan fingerprint density at radius 1 is 0.889 bits per heavy atom. The maximum absolute atomic E-state index is 13.0. The second-order valence-corrected chi connectivity index (χ2v) is 18.5. The van der Waals surface area contributed by atoms with Gasteiger partial charge in [-0.05, 0) is 108 Å². The second-order valence-electron chi connectivity index (χ2n) is 14.7. The molecular weight excluding hydrogens is 898 g/mol. The summed E-state index contributed by atoms with van der Waals surface area (Å²) >= 11 is 7.61. The molecule has 7 aromatic rings. The second kappa shape index (κ2) is 17.5. The summed E-state index contributed by atoms with van der Waals surface area (Å²) in [7, 11) is -9.60. The predicted octanol–water partition coefficient (Wildman–Crippen LogP) is 12.8. The van der Waals surface area contributed by atoms with Crippen LogP contribution in [0.2, 0.25) is 5.02 Å². The lowest BCUT2D eigenvalue weighted by Crippen LogP contribution is -2.32. The van der Waals surface area contributed by atoms with Crippen LogP contribution in [-0.4, -0.2) is 51.3 Å². The SMILES string of the molecule is CCc1nc2ccc(Cl)cn2c1C(=O)NCc1ccc(N2CCC(c3ccc(OC(F)(F)F)cc3)CC2)cc1.FS(F)(F)(F)(F)c1ccc(CCNc2ncnc3ccsc23)cc1. The van der Waals surface area contributed by atoms with E-state index >= 15 is 0 Å². The van der Waals surface area contributed by atoms with E-state index in [9.17, 15) is 37.4 Å². The van der Waals surface area contributed by atoms with Crippen molar-refractivity contribution in [3.8, 4) is 5.75 Å². The summed E-state index contributed by atoms with van der Waals surface area (Å²) in [6.45, 7) is 4.44. The maximum Gasteiger partial charge on any atom is 0.573 e. The Morgan fingerprint density at radius 2 is 1.57 bits per heavy atom. The Kier molecular flexibility index (Phi) is 12.6. The molecule has 334 valence electrons. The molecule has 2 N–H and O–H groups in total. The van der Waals surface area contributed by atoms with Crippen LogP contribution >= 0.6 is 33.2 Å². The minimum Gasteiger partial charge on any atom is -0.406 e. The number of ether oxygens (including phenoxy) is 1. The van der Waals surface area contributed by atoms with Gasteiger partial charge in [-0.15, -0.1) is 24.5 Å². The summed E-state index contributed by atoms with van der Waals surface area (Å²) in [6, 6.07) is 22.7. The molecule has 0 aliphatic carbocycles. The van der Waals surface area contributed by atoms with E-state index in [1.807, 2.05) is 30.5 Å². The molecule has 0 spiro atoms. The Morgan fingerprint density at radius 3 is 2.22 bits per heavy atom. The highest BCUT2D eigenvalue weighted by Crippen LogP contribution is 3.02. The molecule has 0 unspecified atom stereocenters. The number of benzene rings is 3. The van der Waals surface area contributed by atoms with Gasteiger partial charge < -0.3 is 20.3 Å². The van der Waals surface area contributed by atoms with Crippen LogP contribution in [0.5, 0.6) is 5.75 Å². The number of amides is 1. The van der Waals surface area contributed by atoms with Crippen LogP contribution in [-0.2, 0) is 19.4 Å². The first-order valence-corrected chi connectivity index (χ1v) is 22.8. The van der Waals surface area contributed by atoms with E-state index in [2.05, 4.69) is 47.4 Å². The van der Waals surface area contributed by atoms with E-state index in [-0.39, 0.29) is 17.6 Å². The van der Waals surface area contributed by atoms with E-state index < -0.39 is 21.5 Å². The minimum absolute atomic E-state index is 0.200. The Bertz CT molecular complexity index is 2690. The van der Waals surface area contributed by atoms with Gasteiger partial charge in [0.2, 0.25) is 0 Å². The minimum atomic E-state index is -9.60. The molecule has 1 aliphatic rings. The average Bonchev–Trinajstić information content (AvgIpc) is 3.88. The molecule has 63 heavy (non-hydrogen) atoms. The third-order valence-corrected chi connectivity index (χ3v) is 12.7. The summed E-state index contributed by atoms with van der Waals surface area (Å²) < 4.78 is 107. The quantitative estimate of drug-likeness (QED) is 0.118. The molecule has 0 saturated carbocycles. The van der Waals surface area contributed by atoms with Gasteiger partial charge in [0, 0.05) is 38.1 Å². The number of hydrogen-bond acceptors (Lipinski definition) is 8. The van der Waals surface area contributed by atoms with Gasteiger partial charge in [0.1, 0.15) is 34.1 Å². The number of fused-ring (bicyclic) bond motifs is 2. The zero-order chi connectivity index (χ0) is 45.1. The molecule has 4 aromatic heterocycles. The van der Waals surface area contributed by atoms with Gasteiger partial charge in [-0.2, -0.15) is 0 Å². The first-order valence-electron chi connectivity index (χ1n) is 19.6. The van der Waals surface area contributed by atoms with Crippen LogP contribution in [0.15, 0.2) is 114 Å². The van der Waals surface area contributed by atoms with Gasteiger partial charge in [-0.3, -0.25) is 9.20 Å². The van der Waals surface area contributed by atoms with E-state index in [0.717, 1.165) is 70.8 Å². The Balaban J connectivity index is 0.000000212.